The van der Waals surface area contributed by atoms with E-state index in [0.717, 1.165) is 11.3 Å². The molecular weight excluding hydrogens is 458 g/mol. The van der Waals surface area contributed by atoms with E-state index < -0.39 is 0 Å². The molecule has 31 heavy (non-hydrogen) atoms. The standard InChI is InChI=1S/C21H17Cl2FN6S/c22-15-6-4-14(5-7-15)11-30-12-16(10-25-30)26-21(31)27-20-8-9-29(28-20)13-17-18(23)2-1-3-19(17)24/h1-10,12H,11,13H2,(H2,26,27,28,31). The van der Waals surface area contributed by atoms with Gasteiger partial charge in [-0.15, -0.1) is 0 Å². The number of nitrogens with zero attached hydrogens (tertiary/aromatic N) is 4. The topological polar surface area (TPSA) is 59.7 Å². The Morgan fingerprint density at radius 3 is 2.58 bits per heavy atom. The lowest BCUT2D eigenvalue weighted by Gasteiger charge is -2.07. The number of benzene rings is 2. The maximum Gasteiger partial charge on any atom is 0.176 e. The molecule has 0 aliphatic heterocycles. The smallest absolute Gasteiger partial charge is 0.176 e. The van der Waals surface area contributed by atoms with Gasteiger partial charge in [-0.25, -0.2) is 4.39 Å². The fourth-order valence-electron chi connectivity index (χ4n) is 2.93. The number of nitrogens with one attached hydrogen (secondary N) is 2. The van der Waals surface area contributed by atoms with Crippen molar-refractivity contribution in [3.63, 3.8) is 0 Å². The van der Waals surface area contributed by atoms with Crippen molar-refractivity contribution < 1.29 is 4.39 Å². The van der Waals surface area contributed by atoms with E-state index in [1.165, 1.54) is 6.07 Å². The molecule has 2 heterocycles. The van der Waals surface area contributed by atoms with Crippen LogP contribution in [0.4, 0.5) is 15.9 Å². The molecule has 158 valence electrons. The Morgan fingerprint density at radius 1 is 1.00 bits per heavy atom. The lowest BCUT2D eigenvalue weighted by molar-refractivity contribution is 0.586. The molecule has 4 rings (SSSR count). The van der Waals surface area contributed by atoms with E-state index >= 15 is 0 Å². The number of hydrogen-bond acceptors (Lipinski definition) is 3. The van der Waals surface area contributed by atoms with Crippen LogP contribution in [0, 0.1) is 5.82 Å². The van der Waals surface area contributed by atoms with Gasteiger partial charge in [0.25, 0.3) is 0 Å². The third-order valence-electron chi connectivity index (χ3n) is 4.41. The van der Waals surface area contributed by atoms with E-state index in [-0.39, 0.29) is 12.4 Å². The van der Waals surface area contributed by atoms with Gasteiger partial charge in [-0.05, 0) is 42.0 Å². The lowest BCUT2D eigenvalue weighted by Crippen LogP contribution is -2.19. The molecule has 6 nitrogen and oxygen atoms in total. The summed E-state index contributed by atoms with van der Waals surface area (Å²) in [6.07, 6.45) is 5.25. The summed E-state index contributed by atoms with van der Waals surface area (Å²) in [7, 11) is 0. The van der Waals surface area contributed by atoms with Crippen LogP contribution in [-0.4, -0.2) is 24.7 Å². The second kappa shape index (κ2) is 9.47. The average molecular weight is 475 g/mol. The van der Waals surface area contributed by atoms with Crippen LogP contribution in [0.2, 0.25) is 10.0 Å². The second-order valence-electron chi connectivity index (χ2n) is 6.73. The number of anilines is 2. The molecule has 0 saturated carbocycles. The molecule has 10 heteroatoms. The average Bonchev–Trinajstić information content (AvgIpc) is 3.36. The summed E-state index contributed by atoms with van der Waals surface area (Å²) in [5, 5.41) is 16.2. The summed E-state index contributed by atoms with van der Waals surface area (Å²) in [6, 6.07) is 13.9. The Morgan fingerprint density at radius 2 is 1.81 bits per heavy atom. The molecule has 0 spiro atoms. The van der Waals surface area contributed by atoms with Crippen LogP contribution in [0.5, 0.6) is 0 Å². The highest BCUT2D eigenvalue weighted by Gasteiger charge is 2.10. The Balaban J connectivity index is 1.33. The van der Waals surface area contributed by atoms with Crippen molar-refractivity contribution in [2.45, 2.75) is 13.1 Å². The summed E-state index contributed by atoms with van der Waals surface area (Å²) in [5.74, 6) is 0.156. The van der Waals surface area contributed by atoms with Crippen LogP contribution in [0.15, 0.2) is 67.1 Å². The Labute approximate surface area is 193 Å². The molecule has 0 radical (unpaired) electrons. The monoisotopic (exact) mass is 474 g/mol. The molecule has 0 amide bonds. The number of thiocarbonyl (C=S) groups is 1. The third-order valence-corrected chi connectivity index (χ3v) is 5.22. The van der Waals surface area contributed by atoms with Gasteiger partial charge in [0.15, 0.2) is 10.9 Å². The molecule has 2 aromatic carbocycles. The highest BCUT2D eigenvalue weighted by atomic mass is 35.5. The van der Waals surface area contributed by atoms with Crippen LogP contribution in [-0.2, 0) is 13.1 Å². The summed E-state index contributed by atoms with van der Waals surface area (Å²) in [4.78, 5) is 0. The highest BCUT2D eigenvalue weighted by Crippen LogP contribution is 2.20. The van der Waals surface area contributed by atoms with Crippen LogP contribution in [0.1, 0.15) is 11.1 Å². The van der Waals surface area contributed by atoms with Gasteiger partial charge in [0.1, 0.15) is 5.82 Å². The first-order valence-corrected chi connectivity index (χ1v) is 10.4. The fraction of sp³-hybridized carbons (Fsp3) is 0.0952. The van der Waals surface area contributed by atoms with Crippen molar-refractivity contribution in [1.29, 1.82) is 0 Å². The van der Waals surface area contributed by atoms with Gasteiger partial charge < -0.3 is 10.6 Å². The summed E-state index contributed by atoms with van der Waals surface area (Å²) in [6.45, 7) is 0.826. The zero-order valence-corrected chi connectivity index (χ0v) is 18.4. The molecule has 2 aromatic heterocycles. The molecule has 0 fully saturated rings. The SMILES string of the molecule is Fc1cccc(Cl)c1Cn1ccc(NC(=S)Nc2cnn(Cc3ccc(Cl)cc3)c2)n1. The molecular formula is C21H17Cl2FN6S. The Hall–Kier alpha value is -2.94. The summed E-state index contributed by atoms with van der Waals surface area (Å²) >= 11 is 17.3. The van der Waals surface area contributed by atoms with Crippen molar-refractivity contribution in [3.05, 3.63) is 94.1 Å². The van der Waals surface area contributed by atoms with Crippen molar-refractivity contribution in [2.75, 3.05) is 10.6 Å². The summed E-state index contributed by atoms with van der Waals surface area (Å²) in [5.41, 5.74) is 2.21. The van der Waals surface area contributed by atoms with Gasteiger partial charge in [-0.1, -0.05) is 41.4 Å². The van der Waals surface area contributed by atoms with Crippen LogP contribution in [0.3, 0.4) is 0 Å². The molecule has 0 aliphatic rings. The number of aromatic nitrogens is 4. The molecule has 0 saturated heterocycles. The lowest BCUT2D eigenvalue weighted by atomic mass is 10.2. The zero-order valence-electron chi connectivity index (χ0n) is 16.1. The Bertz CT molecular complexity index is 1180. The largest absolute Gasteiger partial charge is 0.330 e. The van der Waals surface area contributed by atoms with Gasteiger partial charge in [-0.3, -0.25) is 9.36 Å². The van der Waals surface area contributed by atoms with Crippen LogP contribution >= 0.6 is 35.4 Å². The summed E-state index contributed by atoms with van der Waals surface area (Å²) < 4.78 is 17.3. The minimum Gasteiger partial charge on any atom is -0.330 e. The van der Waals surface area contributed by atoms with Gasteiger partial charge in [-0.2, -0.15) is 10.2 Å². The quantitative estimate of drug-likeness (QED) is 0.364. The number of hydrogen-bond donors (Lipinski definition) is 2. The van der Waals surface area contributed by atoms with E-state index in [2.05, 4.69) is 20.8 Å². The number of rotatable bonds is 6. The molecule has 2 N–H and O–H groups in total. The van der Waals surface area contributed by atoms with Crippen molar-refractivity contribution in [2.24, 2.45) is 0 Å². The van der Waals surface area contributed by atoms with E-state index in [1.807, 2.05) is 30.5 Å². The number of halogens is 3. The second-order valence-corrected chi connectivity index (χ2v) is 7.98. The predicted octanol–water partition coefficient (Wildman–Crippen LogP) is 5.43. The minimum atomic E-state index is -0.370. The predicted molar refractivity (Wildman–Crippen MR) is 125 cm³/mol. The van der Waals surface area contributed by atoms with E-state index in [0.29, 0.717) is 33.1 Å². The van der Waals surface area contributed by atoms with Crippen molar-refractivity contribution in [1.82, 2.24) is 19.6 Å². The van der Waals surface area contributed by atoms with E-state index in [4.69, 9.17) is 35.4 Å². The molecule has 0 bridgehead atoms. The highest BCUT2D eigenvalue weighted by molar-refractivity contribution is 7.80. The zero-order chi connectivity index (χ0) is 21.8. The third kappa shape index (κ3) is 5.61. The van der Waals surface area contributed by atoms with E-state index in [9.17, 15) is 4.39 Å². The van der Waals surface area contributed by atoms with Gasteiger partial charge in [0, 0.05) is 34.1 Å². The van der Waals surface area contributed by atoms with Gasteiger partial charge >= 0.3 is 0 Å². The van der Waals surface area contributed by atoms with E-state index in [1.54, 1.807) is 40.0 Å². The van der Waals surface area contributed by atoms with Crippen LogP contribution < -0.4 is 10.6 Å². The Kier molecular flexibility index (Phi) is 6.50. The maximum absolute atomic E-state index is 14.0. The van der Waals surface area contributed by atoms with Crippen LogP contribution in [0.25, 0.3) is 0 Å². The molecule has 0 unspecified atom stereocenters. The van der Waals surface area contributed by atoms with Crippen molar-refractivity contribution >= 4 is 52.0 Å². The first kappa shape index (κ1) is 21.3. The first-order chi connectivity index (χ1) is 15.0. The fourth-order valence-corrected chi connectivity index (χ4v) is 3.50. The molecule has 0 atom stereocenters. The molecule has 0 aliphatic carbocycles. The van der Waals surface area contributed by atoms with Gasteiger partial charge in [0.05, 0.1) is 25.0 Å². The molecule has 4 aromatic rings. The first-order valence-electron chi connectivity index (χ1n) is 9.27. The van der Waals surface area contributed by atoms with Crippen molar-refractivity contribution in [3.8, 4) is 0 Å². The van der Waals surface area contributed by atoms with Gasteiger partial charge in [0.2, 0.25) is 0 Å². The maximum atomic E-state index is 14.0. The normalized spacial score (nSPS) is 10.8. The minimum absolute atomic E-state index is 0.213.